The van der Waals surface area contributed by atoms with Crippen LogP contribution < -0.4 is 5.32 Å². The summed E-state index contributed by atoms with van der Waals surface area (Å²) < 4.78 is 18.5. The van der Waals surface area contributed by atoms with Gasteiger partial charge in [0, 0.05) is 26.0 Å². The molecule has 1 N–H and O–H groups in total. The minimum Gasteiger partial charge on any atom is -0.388 e. The Kier molecular flexibility index (Phi) is 5.36. The van der Waals surface area contributed by atoms with Crippen molar-refractivity contribution < 1.29 is 9.13 Å². The molecular weight excluding hydrogens is 253 g/mol. The van der Waals surface area contributed by atoms with Crippen LogP contribution in [0.3, 0.4) is 0 Å². The first kappa shape index (κ1) is 14.8. The summed E-state index contributed by atoms with van der Waals surface area (Å²) >= 11 is 0. The van der Waals surface area contributed by atoms with Crippen LogP contribution in [0.1, 0.15) is 30.4 Å². The molecule has 0 amide bonds. The van der Waals surface area contributed by atoms with E-state index in [1.54, 1.807) is 20.1 Å². The van der Waals surface area contributed by atoms with E-state index in [1.807, 2.05) is 12.1 Å². The van der Waals surface area contributed by atoms with Crippen molar-refractivity contribution in [2.75, 3.05) is 20.3 Å². The third-order valence-electron chi connectivity index (χ3n) is 3.48. The van der Waals surface area contributed by atoms with E-state index in [4.69, 9.17) is 4.74 Å². The molecule has 0 bridgehead atoms. The van der Waals surface area contributed by atoms with Gasteiger partial charge in [0.25, 0.3) is 0 Å². The highest BCUT2D eigenvalue weighted by Gasteiger charge is 2.07. The summed E-state index contributed by atoms with van der Waals surface area (Å²) in [7, 11) is 1.72. The summed E-state index contributed by atoms with van der Waals surface area (Å²) in [6.07, 6.45) is 7.35. The molecule has 1 aliphatic rings. The lowest BCUT2D eigenvalue weighted by Crippen LogP contribution is -2.13. The Hall–Kier alpha value is -1.61. The molecule has 2 nitrogen and oxygen atoms in total. The summed E-state index contributed by atoms with van der Waals surface area (Å²) in [6, 6.07) is 5.31. The number of methoxy groups -OCH3 is 1. The third-order valence-corrected chi connectivity index (χ3v) is 3.48. The largest absolute Gasteiger partial charge is 0.388 e. The molecule has 1 aromatic carbocycles. The first-order valence-corrected chi connectivity index (χ1v) is 7.11. The quantitative estimate of drug-likeness (QED) is 0.825. The number of allylic oxidation sites excluding steroid dienone is 3. The van der Waals surface area contributed by atoms with Crippen LogP contribution >= 0.6 is 0 Å². The van der Waals surface area contributed by atoms with Gasteiger partial charge in [-0.15, -0.1) is 0 Å². The number of nitrogens with one attached hydrogen (secondary N) is 1. The molecule has 1 aliphatic heterocycles. The van der Waals surface area contributed by atoms with Crippen molar-refractivity contribution in [3.8, 4) is 0 Å². The van der Waals surface area contributed by atoms with E-state index in [0.717, 1.165) is 38.0 Å². The summed E-state index contributed by atoms with van der Waals surface area (Å²) in [5.41, 5.74) is 4.17. The lowest BCUT2D eigenvalue weighted by atomic mass is 10.0. The maximum Gasteiger partial charge on any atom is 0.126 e. The molecule has 3 heteroatoms. The van der Waals surface area contributed by atoms with Crippen LogP contribution in [0.2, 0.25) is 0 Å². The molecule has 0 radical (unpaired) electrons. The lowest BCUT2D eigenvalue weighted by Gasteiger charge is -2.09. The molecule has 1 aromatic rings. The van der Waals surface area contributed by atoms with Crippen molar-refractivity contribution in [1.82, 2.24) is 5.32 Å². The second kappa shape index (κ2) is 7.25. The highest BCUT2D eigenvalue weighted by atomic mass is 19.1. The maximum absolute atomic E-state index is 13.4. The predicted octanol–water partition coefficient (Wildman–Crippen LogP) is 3.82. The zero-order valence-corrected chi connectivity index (χ0v) is 12.2. The Bertz CT molecular complexity index is 520. The molecule has 108 valence electrons. The van der Waals surface area contributed by atoms with Gasteiger partial charge < -0.3 is 10.1 Å². The normalized spacial score (nSPS) is 15.2. The zero-order valence-electron chi connectivity index (χ0n) is 12.2. The van der Waals surface area contributed by atoms with Gasteiger partial charge in [-0.05, 0) is 61.1 Å². The summed E-state index contributed by atoms with van der Waals surface area (Å²) in [5.74, 6) is -0.148. The molecular formula is C17H22FNO. The van der Waals surface area contributed by atoms with Gasteiger partial charge in [-0.3, -0.25) is 0 Å². The highest BCUT2D eigenvalue weighted by Crippen LogP contribution is 2.23. The smallest absolute Gasteiger partial charge is 0.126 e. The van der Waals surface area contributed by atoms with Crippen LogP contribution in [0.5, 0.6) is 0 Å². The standard InChI is InChI=1S/C17H22FNO/c1-13-11-15(7-8-17(13)18)14-5-3-9-19-16(12-14)6-4-10-20-2/h5,7-8,11-12,19H,3-4,6,9-10H2,1-2H3. The number of hydrogen-bond acceptors (Lipinski definition) is 2. The fourth-order valence-electron chi connectivity index (χ4n) is 2.35. The van der Waals surface area contributed by atoms with Crippen molar-refractivity contribution in [1.29, 1.82) is 0 Å². The molecule has 2 rings (SSSR count). The van der Waals surface area contributed by atoms with Crippen molar-refractivity contribution in [2.24, 2.45) is 0 Å². The van der Waals surface area contributed by atoms with Crippen molar-refractivity contribution in [3.05, 3.63) is 53.0 Å². The fourth-order valence-corrected chi connectivity index (χ4v) is 2.35. The van der Waals surface area contributed by atoms with E-state index in [2.05, 4.69) is 17.5 Å². The number of ether oxygens (including phenoxy) is 1. The third kappa shape index (κ3) is 3.94. The van der Waals surface area contributed by atoms with E-state index < -0.39 is 0 Å². The average Bonchev–Trinajstić information content (AvgIpc) is 2.68. The fraction of sp³-hybridized carbons (Fsp3) is 0.412. The predicted molar refractivity (Wildman–Crippen MR) is 80.9 cm³/mol. The molecule has 1 heterocycles. The van der Waals surface area contributed by atoms with Crippen LogP contribution in [0, 0.1) is 12.7 Å². The lowest BCUT2D eigenvalue weighted by molar-refractivity contribution is 0.194. The van der Waals surface area contributed by atoms with Crippen molar-refractivity contribution in [2.45, 2.75) is 26.2 Å². The Morgan fingerprint density at radius 3 is 2.95 bits per heavy atom. The van der Waals surface area contributed by atoms with E-state index in [0.29, 0.717) is 5.56 Å². The second-order valence-corrected chi connectivity index (χ2v) is 5.10. The first-order chi connectivity index (χ1) is 9.70. The Morgan fingerprint density at radius 1 is 1.35 bits per heavy atom. The highest BCUT2D eigenvalue weighted by molar-refractivity contribution is 5.75. The van der Waals surface area contributed by atoms with Gasteiger partial charge in [0.2, 0.25) is 0 Å². The maximum atomic E-state index is 13.4. The van der Waals surface area contributed by atoms with Gasteiger partial charge in [-0.2, -0.15) is 0 Å². The molecule has 0 unspecified atom stereocenters. The van der Waals surface area contributed by atoms with Gasteiger partial charge in [0.05, 0.1) is 0 Å². The van der Waals surface area contributed by atoms with Crippen LogP contribution in [0.4, 0.5) is 4.39 Å². The molecule has 0 aliphatic carbocycles. The minimum absolute atomic E-state index is 0.148. The Labute approximate surface area is 120 Å². The van der Waals surface area contributed by atoms with E-state index in [9.17, 15) is 4.39 Å². The number of rotatable bonds is 5. The second-order valence-electron chi connectivity index (χ2n) is 5.10. The molecule has 0 atom stereocenters. The number of aryl methyl sites for hydroxylation is 1. The zero-order chi connectivity index (χ0) is 14.4. The van der Waals surface area contributed by atoms with Gasteiger partial charge in [0.15, 0.2) is 0 Å². The summed E-state index contributed by atoms with van der Waals surface area (Å²) in [6.45, 7) is 3.52. The van der Waals surface area contributed by atoms with E-state index in [-0.39, 0.29) is 5.82 Å². The van der Waals surface area contributed by atoms with Crippen LogP contribution in [0.25, 0.3) is 5.57 Å². The molecule has 0 spiro atoms. The minimum atomic E-state index is -0.148. The first-order valence-electron chi connectivity index (χ1n) is 7.11. The Morgan fingerprint density at radius 2 is 2.20 bits per heavy atom. The van der Waals surface area contributed by atoms with Gasteiger partial charge >= 0.3 is 0 Å². The van der Waals surface area contributed by atoms with Gasteiger partial charge in [-0.1, -0.05) is 12.1 Å². The molecule has 0 aromatic heterocycles. The van der Waals surface area contributed by atoms with Crippen molar-refractivity contribution >= 4 is 5.57 Å². The van der Waals surface area contributed by atoms with E-state index in [1.165, 1.54) is 11.3 Å². The van der Waals surface area contributed by atoms with Crippen LogP contribution in [0.15, 0.2) is 36.0 Å². The van der Waals surface area contributed by atoms with Crippen LogP contribution in [-0.2, 0) is 4.74 Å². The van der Waals surface area contributed by atoms with Crippen molar-refractivity contribution in [3.63, 3.8) is 0 Å². The molecule has 0 saturated heterocycles. The summed E-state index contributed by atoms with van der Waals surface area (Å²) in [4.78, 5) is 0. The SMILES string of the molecule is COCCCC1=CC(c2ccc(F)c(C)c2)=CCCN1. The number of hydrogen-bond donors (Lipinski definition) is 1. The van der Waals surface area contributed by atoms with Gasteiger partial charge in [-0.25, -0.2) is 4.39 Å². The molecule has 0 fully saturated rings. The van der Waals surface area contributed by atoms with Crippen LogP contribution in [-0.4, -0.2) is 20.3 Å². The topological polar surface area (TPSA) is 21.3 Å². The van der Waals surface area contributed by atoms with E-state index >= 15 is 0 Å². The molecule has 20 heavy (non-hydrogen) atoms. The monoisotopic (exact) mass is 275 g/mol. The Balaban J connectivity index is 2.17. The van der Waals surface area contributed by atoms with Gasteiger partial charge in [0.1, 0.15) is 5.82 Å². The summed E-state index contributed by atoms with van der Waals surface area (Å²) in [5, 5.41) is 3.45. The number of halogens is 1. The average molecular weight is 275 g/mol. The molecule has 0 saturated carbocycles. The number of benzene rings is 1.